The van der Waals surface area contributed by atoms with Crippen LogP contribution < -0.4 is 10.1 Å². The minimum absolute atomic E-state index is 0.633. The minimum Gasteiger partial charge on any atom is -0.489 e. The van der Waals surface area contributed by atoms with Crippen molar-refractivity contribution >= 4 is 0 Å². The van der Waals surface area contributed by atoms with Gasteiger partial charge >= 0.3 is 0 Å². The molecule has 0 amide bonds. The molecule has 0 radical (unpaired) electrons. The fourth-order valence-electron chi connectivity index (χ4n) is 6.21. The molecule has 0 aliphatic heterocycles. The molecule has 142 valence electrons. The Morgan fingerprint density at radius 3 is 2.30 bits per heavy atom. The topological polar surface area (TPSA) is 21.3 Å². The first kappa shape index (κ1) is 17.3. The molecule has 2 aromatic carbocycles. The lowest BCUT2D eigenvalue weighted by molar-refractivity contribution is -0.0142. The summed E-state index contributed by atoms with van der Waals surface area (Å²) in [6.07, 6.45) is 7.43. The lowest BCUT2D eigenvalue weighted by Gasteiger charge is -2.54. The number of ether oxygens (including phenoxy) is 1. The Kier molecular flexibility index (Phi) is 4.69. The highest BCUT2D eigenvalue weighted by Crippen LogP contribution is 2.53. The zero-order chi connectivity index (χ0) is 18.2. The molecule has 2 aromatic rings. The van der Waals surface area contributed by atoms with Crippen LogP contribution >= 0.6 is 0 Å². The zero-order valence-corrected chi connectivity index (χ0v) is 16.4. The van der Waals surface area contributed by atoms with Crippen LogP contribution in [0.3, 0.4) is 0 Å². The van der Waals surface area contributed by atoms with Gasteiger partial charge in [0, 0.05) is 12.6 Å². The third-order valence-electron chi connectivity index (χ3n) is 7.16. The van der Waals surface area contributed by atoms with Gasteiger partial charge in [-0.3, -0.25) is 0 Å². The SMILES string of the molecule is Cc1cccc(COc2cccc(CNC3C4CC5CC(C4)CC3C5)c2)c1. The van der Waals surface area contributed by atoms with Gasteiger partial charge in [-0.05, 0) is 86.0 Å². The van der Waals surface area contributed by atoms with Crippen molar-refractivity contribution < 1.29 is 4.74 Å². The van der Waals surface area contributed by atoms with Crippen molar-refractivity contribution in [2.45, 2.75) is 58.2 Å². The van der Waals surface area contributed by atoms with Crippen LogP contribution in [-0.2, 0) is 13.2 Å². The van der Waals surface area contributed by atoms with E-state index in [2.05, 4.69) is 60.8 Å². The Labute approximate surface area is 163 Å². The van der Waals surface area contributed by atoms with Gasteiger partial charge in [-0.25, -0.2) is 0 Å². The second kappa shape index (κ2) is 7.31. The van der Waals surface area contributed by atoms with Gasteiger partial charge in [0.1, 0.15) is 12.4 Å². The van der Waals surface area contributed by atoms with Crippen molar-refractivity contribution in [3.63, 3.8) is 0 Å². The van der Waals surface area contributed by atoms with Gasteiger partial charge in [0.05, 0.1) is 0 Å². The number of aryl methyl sites for hydroxylation is 1. The fourth-order valence-corrected chi connectivity index (χ4v) is 6.21. The predicted octanol–water partition coefficient (Wildman–Crippen LogP) is 5.49. The molecule has 0 spiro atoms. The molecule has 4 bridgehead atoms. The summed E-state index contributed by atoms with van der Waals surface area (Å²) in [7, 11) is 0. The van der Waals surface area contributed by atoms with Gasteiger partial charge in [-0.1, -0.05) is 42.0 Å². The third-order valence-corrected chi connectivity index (χ3v) is 7.16. The molecule has 0 atom stereocenters. The Hall–Kier alpha value is -1.80. The Morgan fingerprint density at radius 2 is 1.56 bits per heavy atom. The van der Waals surface area contributed by atoms with Crippen molar-refractivity contribution in [1.29, 1.82) is 0 Å². The van der Waals surface area contributed by atoms with Crippen LogP contribution in [0.4, 0.5) is 0 Å². The summed E-state index contributed by atoms with van der Waals surface area (Å²) >= 11 is 0. The molecule has 0 unspecified atom stereocenters. The predicted molar refractivity (Wildman–Crippen MR) is 110 cm³/mol. The van der Waals surface area contributed by atoms with E-state index in [4.69, 9.17) is 4.74 Å². The smallest absolute Gasteiger partial charge is 0.120 e. The molecule has 1 N–H and O–H groups in total. The molecular weight excluding hydrogens is 330 g/mol. The highest BCUT2D eigenvalue weighted by molar-refractivity contribution is 5.29. The molecule has 0 aromatic heterocycles. The normalized spacial score (nSPS) is 31.2. The van der Waals surface area contributed by atoms with Crippen LogP contribution in [-0.4, -0.2) is 6.04 Å². The Bertz CT molecular complexity index is 770. The monoisotopic (exact) mass is 361 g/mol. The van der Waals surface area contributed by atoms with E-state index in [-0.39, 0.29) is 0 Å². The van der Waals surface area contributed by atoms with Crippen LogP contribution in [0, 0.1) is 30.6 Å². The first-order valence-electron chi connectivity index (χ1n) is 10.7. The van der Waals surface area contributed by atoms with Crippen molar-refractivity contribution in [3.8, 4) is 5.75 Å². The maximum atomic E-state index is 6.05. The molecular formula is C25H31NO. The van der Waals surface area contributed by atoms with E-state index in [1.807, 2.05) is 0 Å². The fraction of sp³-hybridized carbons (Fsp3) is 0.520. The molecule has 27 heavy (non-hydrogen) atoms. The first-order chi connectivity index (χ1) is 13.2. The van der Waals surface area contributed by atoms with E-state index in [0.29, 0.717) is 6.61 Å². The number of nitrogens with one attached hydrogen (secondary N) is 1. The van der Waals surface area contributed by atoms with Crippen LogP contribution in [0.25, 0.3) is 0 Å². The van der Waals surface area contributed by atoms with Crippen molar-refractivity contribution in [3.05, 3.63) is 65.2 Å². The molecule has 4 fully saturated rings. The summed E-state index contributed by atoms with van der Waals surface area (Å²) in [4.78, 5) is 0. The standard InChI is InChI=1S/C25H31NO/c1-17-4-2-6-19(8-17)16-27-24-7-3-5-18(14-24)15-26-25-22-10-20-9-21(12-22)13-23(25)11-20/h2-8,14,20-23,25-26H,9-13,15-16H2,1H3. The van der Waals surface area contributed by atoms with Gasteiger partial charge in [-0.2, -0.15) is 0 Å². The van der Waals surface area contributed by atoms with E-state index in [0.717, 1.165) is 42.0 Å². The number of hydrogen-bond donors (Lipinski definition) is 1. The quantitative estimate of drug-likeness (QED) is 0.735. The maximum absolute atomic E-state index is 6.05. The van der Waals surface area contributed by atoms with E-state index in [1.54, 1.807) is 0 Å². The zero-order valence-electron chi connectivity index (χ0n) is 16.4. The molecule has 0 saturated heterocycles. The molecule has 4 aliphatic carbocycles. The second-order valence-electron chi connectivity index (χ2n) is 9.26. The van der Waals surface area contributed by atoms with Gasteiger partial charge in [0.15, 0.2) is 0 Å². The Morgan fingerprint density at radius 1 is 0.852 bits per heavy atom. The van der Waals surface area contributed by atoms with Crippen LogP contribution in [0.15, 0.2) is 48.5 Å². The van der Waals surface area contributed by atoms with Gasteiger partial charge in [0.2, 0.25) is 0 Å². The van der Waals surface area contributed by atoms with Crippen LogP contribution in [0.5, 0.6) is 5.75 Å². The van der Waals surface area contributed by atoms with E-state index in [1.165, 1.54) is 48.8 Å². The highest BCUT2D eigenvalue weighted by atomic mass is 16.5. The van der Waals surface area contributed by atoms with Crippen LogP contribution in [0.2, 0.25) is 0 Å². The summed E-state index contributed by atoms with van der Waals surface area (Å²) in [6.45, 7) is 3.72. The van der Waals surface area contributed by atoms with Gasteiger partial charge in [-0.15, -0.1) is 0 Å². The lowest BCUT2D eigenvalue weighted by Crippen LogP contribution is -2.54. The lowest BCUT2D eigenvalue weighted by atomic mass is 9.54. The van der Waals surface area contributed by atoms with Gasteiger partial charge in [0.25, 0.3) is 0 Å². The minimum atomic E-state index is 0.633. The maximum Gasteiger partial charge on any atom is 0.120 e. The van der Waals surface area contributed by atoms with E-state index >= 15 is 0 Å². The summed E-state index contributed by atoms with van der Waals surface area (Å²) in [6, 6.07) is 17.9. The highest BCUT2D eigenvalue weighted by Gasteiger charge is 2.47. The largest absolute Gasteiger partial charge is 0.489 e. The third kappa shape index (κ3) is 3.78. The van der Waals surface area contributed by atoms with Gasteiger partial charge < -0.3 is 10.1 Å². The summed E-state index contributed by atoms with van der Waals surface area (Å²) in [5.74, 6) is 4.93. The molecule has 4 aliphatic rings. The molecule has 6 rings (SSSR count). The number of hydrogen-bond acceptors (Lipinski definition) is 2. The summed E-state index contributed by atoms with van der Waals surface area (Å²) in [5, 5.41) is 3.93. The molecule has 2 nitrogen and oxygen atoms in total. The first-order valence-corrected chi connectivity index (χ1v) is 10.7. The van der Waals surface area contributed by atoms with E-state index < -0.39 is 0 Å². The van der Waals surface area contributed by atoms with Crippen LogP contribution in [0.1, 0.15) is 48.8 Å². The van der Waals surface area contributed by atoms with Crippen molar-refractivity contribution in [1.82, 2.24) is 5.32 Å². The van der Waals surface area contributed by atoms with E-state index in [9.17, 15) is 0 Å². The van der Waals surface area contributed by atoms with Crippen molar-refractivity contribution in [2.75, 3.05) is 0 Å². The number of benzene rings is 2. The number of rotatable bonds is 6. The average molecular weight is 362 g/mol. The summed E-state index contributed by atoms with van der Waals surface area (Å²) in [5.41, 5.74) is 3.85. The molecule has 2 heteroatoms. The van der Waals surface area contributed by atoms with Crippen molar-refractivity contribution in [2.24, 2.45) is 23.7 Å². The summed E-state index contributed by atoms with van der Waals surface area (Å²) < 4.78 is 6.05. The Balaban J connectivity index is 1.19. The second-order valence-corrected chi connectivity index (χ2v) is 9.26. The molecule has 0 heterocycles. The molecule has 4 saturated carbocycles. The average Bonchev–Trinajstić information content (AvgIpc) is 2.66.